The lowest BCUT2D eigenvalue weighted by molar-refractivity contribution is -0.138. The number of carbonyl (C=O) groups is 2. The SMILES string of the molecule is Cc1cc(C)c(S(=O)(=O)NC(CNC(=O)c2cn(CCc3ccccc3)c3cc(CNC4N=CCCN4)ccc3c2=O)C(=O)O)c(C)c1. The van der Waals surface area contributed by atoms with Gasteiger partial charge in [-0.25, -0.2) is 8.42 Å². The number of carbonyl (C=O) groups excluding carboxylic acids is 1. The first-order chi connectivity index (χ1) is 22.9. The molecular weight excluding hydrogens is 632 g/mol. The average Bonchev–Trinajstić information content (AvgIpc) is 3.05. The monoisotopic (exact) mass is 672 g/mol. The van der Waals surface area contributed by atoms with Crippen molar-refractivity contribution in [2.45, 2.75) is 63.9 Å². The molecule has 13 heteroatoms. The van der Waals surface area contributed by atoms with Crippen LogP contribution in [0.4, 0.5) is 0 Å². The maximum absolute atomic E-state index is 13.7. The summed E-state index contributed by atoms with van der Waals surface area (Å²) in [5.41, 5.74) is 3.75. The number of pyridine rings is 1. The lowest BCUT2D eigenvalue weighted by atomic mass is 10.1. The molecule has 48 heavy (non-hydrogen) atoms. The number of aryl methyl sites for hydroxylation is 5. The van der Waals surface area contributed by atoms with Gasteiger partial charge in [-0.15, -0.1) is 0 Å². The Morgan fingerprint density at radius 1 is 1.04 bits per heavy atom. The van der Waals surface area contributed by atoms with E-state index in [1.807, 2.05) is 60.2 Å². The minimum Gasteiger partial charge on any atom is -0.480 e. The van der Waals surface area contributed by atoms with Crippen LogP contribution in [-0.2, 0) is 34.3 Å². The maximum Gasteiger partial charge on any atom is 0.323 e. The number of aliphatic imine (C=N–C) groups is 1. The number of benzene rings is 3. The van der Waals surface area contributed by atoms with Crippen LogP contribution in [-0.4, -0.2) is 61.6 Å². The normalized spacial score (nSPS) is 15.4. The van der Waals surface area contributed by atoms with Gasteiger partial charge in [-0.1, -0.05) is 54.1 Å². The number of fused-ring (bicyclic) bond motifs is 1. The summed E-state index contributed by atoms with van der Waals surface area (Å²) in [6.07, 6.45) is 4.65. The largest absolute Gasteiger partial charge is 0.480 e. The summed E-state index contributed by atoms with van der Waals surface area (Å²) in [5, 5.41) is 19.3. The standard InChI is InChI=1S/C35H40N6O6S/c1-22-16-23(2)32(24(3)17-22)48(46,47)40-29(34(44)45)20-38-33(43)28-21-41(15-12-25-8-5-4-6-9-25)30-18-26(10-11-27(30)31(28)42)19-39-35-36-13-7-14-37-35/h4-6,8-11,13,16-18,21,29,35,37,39-40H,7,12,14-15,19-20H2,1-3H3,(H,38,43)(H,44,45). The lowest BCUT2D eigenvalue weighted by Gasteiger charge is -2.20. The van der Waals surface area contributed by atoms with E-state index in [4.69, 9.17) is 0 Å². The number of hydrogen-bond donors (Lipinski definition) is 5. The minimum atomic E-state index is -4.25. The number of carboxylic acid groups (broad SMARTS) is 1. The number of rotatable bonds is 13. The zero-order chi connectivity index (χ0) is 34.4. The molecule has 4 aromatic rings. The van der Waals surface area contributed by atoms with Gasteiger partial charge in [-0.3, -0.25) is 30.0 Å². The Bertz CT molecular complexity index is 2000. The van der Waals surface area contributed by atoms with Crippen molar-refractivity contribution >= 4 is 39.0 Å². The second-order valence-corrected chi connectivity index (χ2v) is 13.6. The smallest absolute Gasteiger partial charge is 0.323 e. The molecule has 12 nitrogen and oxygen atoms in total. The quantitative estimate of drug-likeness (QED) is 0.144. The van der Waals surface area contributed by atoms with Crippen LogP contribution in [0, 0.1) is 20.8 Å². The Balaban J connectivity index is 1.40. The maximum atomic E-state index is 13.7. The third-order valence-corrected chi connectivity index (χ3v) is 9.95. The highest BCUT2D eigenvalue weighted by atomic mass is 32.2. The van der Waals surface area contributed by atoms with Crippen LogP contribution < -0.4 is 26.1 Å². The van der Waals surface area contributed by atoms with Crippen molar-refractivity contribution in [3.63, 3.8) is 0 Å². The highest BCUT2D eigenvalue weighted by Crippen LogP contribution is 2.22. The van der Waals surface area contributed by atoms with E-state index in [1.165, 1.54) is 6.20 Å². The van der Waals surface area contributed by atoms with Gasteiger partial charge in [0.05, 0.1) is 10.4 Å². The lowest BCUT2D eigenvalue weighted by Crippen LogP contribution is -2.49. The van der Waals surface area contributed by atoms with Gasteiger partial charge in [-0.2, -0.15) is 4.72 Å². The zero-order valence-electron chi connectivity index (χ0n) is 27.1. The number of hydrogen-bond acceptors (Lipinski definition) is 8. The number of nitrogens with one attached hydrogen (secondary N) is 4. The molecule has 2 unspecified atom stereocenters. The molecule has 5 rings (SSSR count). The van der Waals surface area contributed by atoms with Gasteiger partial charge < -0.3 is 15.0 Å². The molecule has 1 amide bonds. The third kappa shape index (κ3) is 8.23. The van der Waals surface area contributed by atoms with Gasteiger partial charge in [0.2, 0.25) is 15.5 Å². The van der Waals surface area contributed by atoms with Gasteiger partial charge >= 0.3 is 5.97 Å². The first-order valence-corrected chi connectivity index (χ1v) is 17.2. The summed E-state index contributed by atoms with van der Waals surface area (Å²) in [7, 11) is -4.25. The number of sulfonamides is 1. The van der Waals surface area contributed by atoms with Gasteiger partial charge in [0, 0.05) is 44.0 Å². The second-order valence-electron chi connectivity index (χ2n) is 12.0. The van der Waals surface area contributed by atoms with Gasteiger partial charge in [0.15, 0.2) is 6.29 Å². The Hall–Kier alpha value is -4.69. The van der Waals surface area contributed by atoms with Gasteiger partial charge in [0.25, 0.3) is 5.91 Å². The number of aliphatic carboxylic acids is 1. The van der Waals surface area contributed by atoms with Crippen molar-refractivity contribution < 1.29 is 23.1 Å². The summed E-state index contributed by atoms with van der Waals surface area (Å²) in [5.74, 6) is -2.29. The molecule has 0 fully saturated rings. The molecule has 0 radical (unpaired) electrons. The average molecular weight is 673 g/mol. The van der Waals surface area contributed by atoms with Crippen LogP contribution in [0.5, 0.6) is 0 Å². The van der Waals surface area contributed by atoms with E-state index >= 15 is 0 Å². The van der Waals surface area contributed by atoms with Crippen molar-refractivity contribution in [3.8, 4) is 0 Å². The molecule has 0 aliphatic carbocycles. The topological polar surface area (TPSA) is 171 Å². The van der Waals surface area contributed by atoms with Crippen LogP contribution in [0.1, 0.15) is 44.6 Å². The Labute approximate surface area is 279 Å². The van der Waals surface area contributed by atoms with E-state index in [0.717, 1.165) is 29.7 Å². The van der Waals surface area contributed by atoms with E-state index in [0.29, 0.717) is 41.5 Å². The molecule has 5 N–H and O–H groups in total. The fourth-order valence-corrected chi connectivity index (χ4v) is 7.59. The van der Waals surface area contributed by atoms with Crippen LogP contribution >= 0.6 is 0 Å². The molecule has 2 heterocycles. The predicted molar refractivity (Wildman–Crippen MR) is 185 cm³/mol. The first kappa shape index (κ1) is 34.6. The van der Waals surface area contributed by atoms with Crippen molar-refractivity contribution in [3.05, 3.63) is 110 Å². The molecule has 2 atom stereocenters. The molecule has 3 aromatic carbocycles. The van der Waals surface area contributed by atoms with E-state index in [9.17, 15) is 27.9 Å². The highest BCUT2D eigenvalue weighted by Gasteiger charge is 2.29. The third-order valence-electron chi connectivity index (χ3n) is 8.18. The van der Waals surface area contributed by atoms with Crippen LogP contribution in [0.2, 0.25) is 0 Å². The van der Waals surface area contributed by atoms with Crippen molar-refractivity contribution in [1.82, 2.24) is 25.2 Å². The summed E-state index contributed by atoms with van der Waals surface area (Å²) >= 11 is 0. The number of amides is 1. The molecule has 0 spiro atoms. The Kier molecular flexibility index (Phi) is 10.8. The molecular formula is C35H40N6O6S. The number of aromatic nitrogens is 1. The van der Waals surface area contributed by atoms with Crippen LogP contribution in [0.3, 0.4) is 0 Å². The van der Waals surface area contributed by atoms with Crippen LogP contribution in [0.25, 0.3) is 10.9 Å². The van der Waals surface area contributed by atoms with Crippen LogP contribution in [0.15, 0.2) is 81.5 Å². The minimum absolute atomic E-state index is 0.0150. The molecule has 252 valence electrons. The highest BCUT2D eigenvalue weighted by molar-refractivity contribution is 7.89. The van der Waals surface area contributed by atoms with Crippen molar-refractivity contribution in [2.75, 3.05) is 13.1 Å². The second kappa shape index (κ2) is 15.0. The van der Waals surface area contributed by atoms with E-state index in [2.05, 4.69) is 25.7 Å². The molecule has 0 saturated carbocycles. The molecule has 1 aliphatic heterocycles. The Morgan fingerprint density at radius 3 is 2.44 bits per heavy atom. The molecule has 0 bridgehead atoms. The van der Waals surface area contributed by atoms with Crippen molar-refractivity contribution in [1.29, 1.82) is 0 Å². The summed E-state index contributed by atoms with van der Waals surface area (Å²) < 4.78 is 30.6. The summed E-state index contributed by atoms with van der Waals surface area (Å²) in [4.78, 5) is 43.6. The number of nitrogens with zero attached hydrogens (tertiary/aromatic N) is 2. The van der Waals surface area contributed by atoms with Gasteiger partial charge in [0.1, 0.15) is 11.6 Å². The number of carboxylic acids is 1. The zero-order valence-corrected chi connectivity index (χ0v) is 27.9. The summed E-state index contributed by atoms with van der Waals surface area (Å²) in [6.45, 7) is 6.30. The first-order valence-electron chi connectivity index (χ1n) is 15.7. The molecule has 1 aromatic heterocycles. The predicted octanol–water partition coefficient (Wildman–Crippen LogP) is 2.77. The van der Waals surface area contributed by atoms with Gasteiger partial charge in [-0.05, 0) is 68.0 Å². The fourth-order valence-electron chi connectivity index (χ4n) is 5.95. The van der Waals surface area contributed by atoms with E-state index < -0.39 is 39.9 Å². The fraction of sp³-hybridized carbons (Fsp3) is 0.314. The molecule has 0 saturated heterocycles. The summed E-state index contributed by atoms with van der Waals surface area (Å²) in [6, 6.07) is 16.9. The Morgan fingerprint density at radius 2 is 1.77 bits per heavy atom. The molecule has 1 aliphatic rings. The van der Waals surface area contributed by atoms with Crippen molar-refractivity contribution in [2.24, 2.45) is 4.99 Å². The van der Waals surface area contributed by atoms with E-state index in [-0.39, 0.29) is 16.7 Å². The van der Waals surface area contributed by atoms with E-state index in [1.54, 1.807) is 32.0 Å².